The number of alkyl halides is 1. The zero-order valence-corrected chi connectivity index (χ0v) is 25.2. The lowest BCUT2D eigenvalue weighted by atomic mass is 10.1. The predicted octanol–water partition coefficient (Wildman–Crippen LogP) is -2.61. The molecule has 13 N–H and O–H groups in total. The van der Waals surface area contributed by atoms with Gasteiger partial charge in [0.1, 0.15) is 18.0 Å². The summed E-state index contributed by atoms with van der Waals surface area (Å²) in [7, 11) is -33.2. The van der Waals surface area contributed by atoms with Crippen LogP contribution in [0.2, 0.25) is 0 Å². The molecule has 0 saturated carbocycles. The smallest absolute Gasteiger partial charge is 0.384 e. The van der Waals surface area contributed by atoms with Crippen LogP contribution < -0.4 is 11.4 Å². The van der Waals surface area contributed by atoms with Gasteiger partial charge in [-0.3, -0.25) is 9.09 Å². The van der Waals surface area contributed by atoms with E-state index in [0.29, 0.717) is 4.57 Å². The number of phosphoric acid groups is 6. The highest BCUT2D eigenvalue weighted by Crippen LogP contribution is 2.66. The summed E-state index contributed by atoms with van der Waals surface area (Å²) in [6, 6.07) is 1.03. The molecule has 27 nitrogen and oxygen atoms in total. The van der Waals surface area contributed by atoms with Gasteiger partial charge >= 0.3 is 52.6 Å². The lowest BCUT2D eigenvalue weighted by molar-refractivity contribution is -0.196. The lowest BCUT2D eigenvalue weighted by Crippen LogP contribution is -2.45. The molecule has 252 valence electrons. The molecule has 1 aliphatic heterocycles. The van der Waals surface area contributed by atoms with Crippen molar-refractivity contribution in [2.24, 2.45) is 0 Å². The first-order valence-corrected chi connectivity index (χ1v) is 18.7. The monoisotopic (exact) mass is 759 g/mol. The summed E-state index contributed by atoms with van der Waals surface area (Å²) >= 11 is 0. The number of halogens is 1. The summed E-state index contributed by atoms with van der Waals surface area (Å²) in [5.74, 6) is -3.88. The topological polar surface area (TPSA) is 441 Å². The van der Waals surface area contributed by atoms with E-state index in [0.717, 1.165) is 12.3 Å². The highest BCUT2D eigenvalue weighted by Gasteiger charge is 2.58. The highest BCUT2D eigenvalue weighted by atomic mass is 31.3. The minimum atomic E-state index is -5.80. The number of nitrogen functional groups attached to an aromatic ring is 1. The first-order chi connectivity index (χ1) is 18.8. The van der Waals surface area contributed by atoms with Crippen LogP contribution in [0.5, 0.6) is 0 Å². The average Bonchev–Trinajstić information content (AvgIpc) is 2.89. The molecule has 2 unspecified atom stereocenters. The Labute approximate surface area is 234 Å². The normalized spacial score (nSPS) is 26.2. The van der Waals surface area contributed by atoms with Gasteiger partial charge in [-0.05, 0) is 6.07 Å². The molecule has 0 aromatic carbocycles. The molecule has 1 saturated heterocycles. The van der Waals surface area contributed by atoms with Gasteiger partial charge in [0.2, 0.25) is 0 Å². The fraction of sp³-hybridized carbons (Fsp3) is 0.556. The number of aromatic nitrogens is 2. The minimum Gasteiger partial charge on any atom is -0.384 e. The van der Waals surface area contributed by atoms with Gasteiger partial charge in [0, 0.05) is 6.20 Å². The van der Waals surface area contributed by atoms with Gasteiger partial charge in [0.05, 0.1) is 6.61 Å². The van der Waals surface area contributed by atoms with Crippen molar-refractivity contribution in [3.8, 4) is 0 Å². The van der Waals surface area contributed by atoms with E-state index in [1.807, 2.05) is 0 Å². The maximum atomic E-state index is 14.5. The molecular weight excluding hydrogens is 739 g/mol. The lowest BCUT2D eigenvalue weighted by Gasteiger charge is -2.23. The number of phosphoric ester groups is 1. The van der Waals surface area contributed by atoms with Crippen LogP contribution in [0.3, 0.4) is 0 Å². The quantitative estimate of drug-likeness (QED) is 0.0971. The van der Waals surface area contributed by atoms with Crippen LogP contribution >= 0.6 is 46.9 Å². The van der Waals surface area contributed by atoms with Crippen molar-refractivity contribution in [1.29, 1.82) is 0 Å². The second kappa shape index (κ2) is 14.0. The summed E-state index contributed by atoms with van der Waals surface area (Å²) in [4.78, 5) is 90.5. The molecular formula is C9H20FN3O24P6. The van der Waals surface area contributed by atoms with Crippen LogP contribution in [0.4, 0.5) is 10.2 Å². The molecule has 1 fully saturated rings. The minimum absolute atomic E-state index is 0.249. The van der Waals surface area contributed by atoms with Crippen molar-refractivity contribution in [3.63, 3.8) is 0 Å². The second-order valence-corrected chi connectivity index (χ2v) is 15.9. The molecule has 0 spiro atoms. The maximum Gasteiger partial charge on any atom is 0.490 e. The number of nitrogens with two attached hydrogens (primary N) is 1. The third kappa shape index (κ3) is 14.5. The van der Waals surface area contributed by atoms with Gasteiger partial charge < -0.3 is 64.7 Å². The van der Waals surface area contributed by atoms with Gasteiger partial charge in [-0.1, -0.05) is 0 Å². The number of ether oxygens (including phenoxy) is 1. The fourth-order valence-electron chi connectivity index (χ4n) is 2.49. The summed E-state index contributed by atoms with van der Waals surface area (Å²) in [5.41, 5.74) is 4.08. The molecule has 1 aromatic heterocycles. The third-order valence-electron chi connectivity index (χ3n) is 3.76. The third-order valence-corrected chi connectivity index (χ3v) is 10.9. The van der Waals surface area contributed by atoms with E-state index in [-0.39, 0.29) is 5.82 Å². The van der Waals surface area contributed by atoms with Crippen LogP contribution in [0.25, 0.3) is 0 Å². The van der Waals surface area contributed by atoms with E-state index >= 15 is 0 Å². The summed E-state index contributed by atoms with van der Waals surface area (Å²) < 4.78 is 101. The van der Waals surface area contributed by atoms with Crippen molar-refractivity contribution < 1.29 is 113 Å². The van der Waals surface area contributed by atoms with E-state index < -0.39 is 83.5 Å². The number of nitrogens with zero attached hydrogens (tertiary/aromatic N) is 2. The van der Waals surface area contributed by atoms with E-state index in [4.69, 9.17) is 49.6 Å². The summed E-state index contributed by atoms with van der Waals surface area (Å²) in [5, 5.41) is 19.7. The molecule has 6 atom stereocenters. The Morgan fingerprint density at radius 3 is 1.67 bits per heavy atom. The van der Waals surface area contributed by atoms with Crippen molar-refractivity contribution in [2.45, 2.75) is 24.3 Å². The van der Waals surface area contributed by atoms with Crippen molar-refractivity contribution >= 4 is 52.8 Å². The zero-order valence-electron chi connectivity index (χ0n) is 19.9. The second-order valence-electron chi connectivity index (χ2n) is 7.24. The Kier molecular flexibility index (Phi) is 13.1. The fourth-order valence-corrected chi connectivity index (χ4v) is 8.06. The SMILES string of the molecule is Nc1ccn([C@@H]2O[C@H](COP(=O)(O)OP(=O)(O)OP(=O)(O)O)[C@@H](O)[C@]2(O)F)c(=O)n1.O=P(O)(O)OP(=O)(O)OP(=O)(O)O. The van der Waals surface area contributed by atoms with E-state index in [1.54, 1.807) is 0 Å². The molecule has 34 heteroatoms. The van der Waals surface area contributed by atoms with Crippen molar-refractivity contribution in [2.75, 3.05) is 12.3 Å². The van der Waals surface area contributed by atoms with E-state index in [1.165, 1.54) is 0 Å². The summed E-state index contributed by atoms with van der Waals surface area (Å²) in [6.07, 6.45) is -5.75. The molecule has 1 aliphatic rings. The Morgan fingerprint density at radius 2 is 1.28 bits per heavy atom. The van der Waals surface area contributed by atoms with E-state index in [9.17, 15) is 51.7 Å². The van der Waals surface area contributed by atoms with E-state index in [2.05, 4.69) is 26.8 Å². The van der Waals surface area contributed by atoms with Gasteiger partial charge in [-0.15, -0.1) is 0 Å². The van der Waals surface area contributed by atoms with Crippen molar-refractivity contribution in [1.82, 2.24) is 9.55 Å². The van der Waals surface area contributed by atoms with Crippen LogP contribution in [0, 0.1) is 0 Å². The highest BCUT2D eigenvalue weighted by molar-refractivity contribution is 7.67. The average molecular weight is 759 g/mol. The van der Waals surface area contributed by atoms with Crippen molar-refractivity contribution in [3.05, 3.63) is 22.7 Å². The molecule has 1 aromatic rings. The Hall–Kier alpha value is -0.690. The molecule has 0 radical (unpaired) electrons. The van der Waals surface area contributed by atoms with Gasteiger partial charge in [0.15, 0.2) is 6.23 Å². The maximum absolute atomic E-state index is 14.5. The standard InChI is InChI=1S/C9H15FN3O14P3.H5O10P3/c10-9(16)6(14)4(25-7(9)13-2-1-5(11)12-8(13)15)3-24-29(20,21)27-30(22,23)26-28(17,18)19;1-11(2,3)9-13(7,8)10-12(4,5)6/h1-2,4,6-7,14,16H,3H2,(H,20,21)(H,22,23)(H2,11,12,15)(H2,17,18,19);(H,7,8)(H2,1,2,3)(H2,4,5,6)/t4-,6-,7-,9-;/m1./s1. The van der Waals surface area contributed by atoms with Crippen LogP contribution in [-0.4, -0.2) is 88.5 Å². The number of aliphatic hydroxyl groups is 2. The van der Waals surface area contributed by atoms with Crippen LogP contribution in [-0.2, 0) is 53.9 Å². The number of anilines is 1. The summed E-state index contributed by atoms with van der Waals surface area (Å²) in [6.45, 7) is -1.27. The number of hydrogen-bond acceptors (Lipinski definition) is 17. The van der Waals surface area contributed by atoms with Gasteiger partial charge in [-0.2, -0.15) is 22.2 Å². The van der Waals surface area contributed by atoms with Crippen LogP contribution in [0.1, 0.15) is 6.23 Å². The number of hydrogen-bond donors (Lipinski definition) is 12. The predicted molar refractivity (Wildman–Crippen MR) is 125 cm³/mol. The van der Waals surface area contributed by atoms with Gasteiger partial charge in [0.25, 0.3) is 5.85 Å². The molecule has 0 aliphatic carbocycles. The first-order valence-electron chi connectivity index (χ1n) is 9.59. The molecule has 43 heavy (non-hydrogen) atoms. The Balaban J connectivity index is 0.000000599. The molecule has 0 amide bonds. The van der Waals surface area contributed by atoms with Gasteiger partial charge in [-0.25, -0.2) is 36.6 Å². The largest absolute Gasteiger partial charge is 0.490 e. The number of aliphatic hydroxyl groups excluding tert-OH is 1. The number of rotatable bonds is 12. The first kappa shape index (κ1) is 40.3. The Bertz CT molecular complexity index is 1470. The van der Waals surface area contributed by atoms with Crippen LogP contribution in [0.15, 0.2) is 17.1 Å². The zero-order chi connectivity index (χ0) is 34.0. The molecule has 0 bridgehead atoms. The molecule has 2 rings (SSSR count). The Morgan fingerprint density at radius 1 is 0.860 bits per heavy atom. The molecule has 2 heterocycles.